The lowest BCUT2D eigenvalue weighted by atomic mass is 10.1. The Kier molecular flexibility index (Phi) is 7.83. The van der Waals surface area contributed by atoms with Crippen molar-refractivity contribution in [3.63, 3.8) is 0 Å². The minimum absolute atomic E-state index is 0.0298. The third-order valence-corrected chi connectivity index (χ3v) is 3.53. The zero-order valence-corrected chi connectivity index (χ0v) is 18.7. The molecule has 7 heteroatoms. The van der Waals surface area contributed by atoms with Gasteiger partial charge in [0.1, 0.15) is 17.0 Å². The van der Waals surface area contributed by atoms with Crippen LogP contribution in [0.2, 0.25) is 0 Å². The van der Waals surface area contributed by atoms with E-state index in [0.717, 1.165) is 0 Å². The molecule has 0 atom stereocenters. The molecule has 162 valence electrons. The highest BCUT2D eigenvalue weighted by Crippen LogP contribution is 2.22. The number of carbonyl (C=O) groups excluding carboxylic acids is 2. The summed E-state index contributed by atoms with van der Waals surface area (Å²) in [6.07, 6.45) is -1.38. The van der Waals surface area contributed by atoms with Crippen molar-refractivity contribution in [3.8, 4) is 0 Å². The molecule has 0 saturated carbocycles. The lowest BCUT2D eigenvalue weighted by Gasteiger charge is -2.39. The van der Waals surface area contributed by atoms with Crippen LogP contribution in [0.15, 0.2) is 30.8 Å². The second-order valence-corrected chi connectivity index (χ2v) is 9.07. The first-order chi connectivity index (χ1) is 13.1. The zero-order valence-electron chi connectivity index (χ0n) is 18.7. The normalized spacial score (nSPS) is 11.8. The maximum atomic E-state index is 13.2. The highest BCUT2D eigenvalue weighted by molar-refractivity contribution is 5.77. The van der Waals surface area contributed by atoms with Gasteiger partial charge in [-0.3, -0.25) is 0 Å². The van der Waals surface area contributed by atoms with Crippen LogP contribution in [0.5, 0.6) is 0 Å². The van der Waals surface area contributed by atoms with E-state index in [1.807, 2.05) is 0 Å². The minimum atomic E-state index is -0.761. The largest absolute Gasteiger partial charge is 0.442 e. The molecule has 0 saturated heterocycles. The molecule has 0 radical (unpaired) electrons. The van der Waals surface area contributed by atoms with Gasteiger partial charge in [0.05, 0.1) is 12.6 Å². The van der Waals surface area contributed by atoms with E-state index in [4.69, 9.17) is 9.47 Å². The van der Waals surface area contributed by atoms with Gasteiger partial charge in [-0.25, -0.2) is 24.0 Å². The van der Waals surface area contributed by atoms with Gasteiger partial charge in [0.15, 0.2) is 0 Å². The number of amides is 2. The van der Waals surface area contributed by atoms with Gasteiger partial charge in [0, 0.05) is 0 Å². The molecule has 1 rings (SSSR count). The van der Waals surface area contributed by atoms with Crippen LogP contribution in [0.1, 0.15) is 61.0 Å². The van der Waals surface area contributed by atoms with Crippen molar-refractivity contribution in [2.24, 2.45) is 0 Å². The Balaban J connectivity index is 3.25. The van der Waals surface area contributed by atoms with Gasteiger partial charge < -0.3 is 9.47 Å². The van der Waals surface area contributed by atoms with Gasteiger partial charge in [0.2, 0.25) is 0 Å². The van der Waals surface area contributed by atoms with Gasteiger partial charge >= 0.3 is 12.2 Å². The minimum Gasteiger partial charge on any atom is -0.442 e. The second-order valence-electron chi connectivity index (χ2n) is 9.07. The summed E-state index contributed by atoms with van der Waals surface area (Å²) in [6, 6.07) is 5.37. The van der Waals surface area contributed by atoms with Crippen molar-refractivity contribution in [2.75, 3.05) is 6.54 Å². The molecular weight excluding hydrogens is 375 g/mol. The van der Waals surface area contributed by atoms with Crippen LogP contribution >= 0.6 is 0 Å². The quantitative estimate of drug-likeness (QED) is 0.605. The molecule has 29 heavy (non-hydrogen) atoms. The van der Waals surface area contributed by atoms with Crippen molar-refractivity contribution < 1.29 is 23.5 Å². The molecule has 1 aromatic carbocycles. The molecule has 0 N–H and O–H groups in total. The summed E-state index contributed by atoms with van der Waals surface area (Å²) in [5, 5.41) is 2.39. The molecule has 0 aliphatic heterocycles. The monoisotopic (exact) mass is 408 g/mol. The van der Waals surface area contributed by atoms with Gasteiger partial charge in [-0.15, -0.1) is 0 Å². The summed E-state index contributed by atoms with van der Waals surface area (Å²) in [7, 11) is 0. The maximum Gasteiger partial charge on any atom is 0.429 e. The van der Waals surface area contributed by atoms with E-state index in [9.17, 15) is 14.0 Å². The van der Waals surface area contributed by atoms with E-state index in [2.05, 4.69) is 6.58 Å². The smallest absolute Gasteiger partial charge is 0.429 e. The summed E-state index contributed by atoms with van der Waals surface area (Å²) in [5.41, 5.74) is -0.334. The molecule has 0 aliphatic carbocycles. The lowest BCUT2D eigenvalue weighted by molar-refractivity contribution is -0.0690. The summed E-state index contributed by atoms with van der Waals surface area (Å²) < 4.78 is 24.2. The first-order valence-corrected chi connectivity index (χ1v) is 9.57. The third-order valence-electron chi connectivity index (χ3n) is 3.53. The van der Waals surface area contributed by atoms with Crippen molar-refractivity contribution >= 4 is 17.8 Å². The fourth-order valence-corrected chi connectivity index (χ4v) is 2.40. The predicted molar refractivity (Wildman–Crippen MR) is 112 cm³/mol. The Morgan fingerprint density at radius 2 is 1.41 bits per heavy atom. The van der Waals surface area contributed by atoms with Crippen LogP contribution in [0.4, 0.5) is 14.0 Å². The van der Waals surface area contributed by atoms with E-state index >= 15 is 0 Å². The number of halogens is 1. The van der Waals surface area contributed by atoms with Crippen molar-refractivity contribution in [2.45, 2.75) is 72.6 Å². The number of ether oxygens (including phenoxy) is 2. The number of benzene rings is 1. The van der Waals surface area contributed by atoms with E-state index in [-0.39, 0.29) is 12.4 Å². The van der Waals surface area contributed by atoms with Crippen LogP contribution in [0.25, 0.3) is 5.57 Å². The molecule has 0 fully saturated rings. The average molecular weight is 409 g/mol. The van der Waals surface area contributed by atoms with Crippen LogP contribution < -0.4 is 0 Å². The number of carbonyl (C=O) groups is 2. The van der Waals surface area contributed by atoms with E-state index in [1.54, 1.807) is 67.5 Å². The fraction of sp³-hybridized carbons (Fsp3) is 0.545. The number of hydrogen-bond donors (Lipinski definition) is 0. The second kappa shape index (κ2) is 9.29. The SMILES string of the molecule is C=C(CN(C(=O)OC(C)(C)C)N(C(=O)OC(C)(C)C)C(C)C)c1ccc(F)cc1. The van der Waals surface area contributed by atoms with Crippen LogP contribution in [-0.4, -0.2) is 46.0 Å². The molecule has 2 amide bonds. The summed E-state index contributed by atoms with van der Waals surface area (Å²) in [5.74, 6) is -0.372. The molecule has 1 aromatic rings. The molecule has 0 bridgehead atoms. The first kappa shape index (κ1) is 24.5. The fourth-order valence-electron chi connectivity index (χ4n) is 2.40. The standard InChI is InChI=1S/C22H33FN2O4/c1-15(2)25(20(27)29-22(7,8)9)24(19(26)28-21(4,5)6)14-16(3)17-10-12-18(23)13-11-17/h10-13,15H,3,14H2,1-2,4-9H3. The predicted octanol–water partition coefficient (Wildman–Crippen LogP) is 5.64. The van der Waals surface area contributed by atoms with Crippen LogP contribution in [0.3, 0.4) is 0 Å². The van der Waals surface area contributed by atoms with E-state index in [0.29, 0.717) is 11.1 Å². The molecule has 0 spiro atoms. The number of hydrogen-bond acceptors (Lipinski definition) is 4. The summed E-state index contributed by atoms with van der Waals surface area (Å²) in [4.78, 5) is 25.8. The van der Waals surface area contributed by atoms with Crippen LogP contribution in [0, 0.1) is 5.82 Å². The number of nitrogens with zero attached hydrogens (tertiary/aromatic N) is 2. The number of hydrazine groups is 1. The van der Waals surface area contributed by atoms with E-state index < -0.39 is 29.4 Å². The topological polar surface area (TPSA) is 59.1 Å². The first-order valence-electron chi connectivity index (χ1n) is 9.57. The van der Waals surface area contributed by atoms with E-state index in [1.165, 1.54) is 22.2 Å². The summed E-state index contributed by atoms with van der Waals surface area (Å²) >= 11 is 0. The molecule has 6 nitrogen and oxygen atoms in total. The maximum absolute atomic E-state index is 13.2. The Morgan fingerprint density at radius 3 is 1.83 bits per heavy atom. The summed E-state index contributed by atoms with van der Waals surface area (Å²) in [6.45, 7) is 18.0. The molecule has 0 heterocycles. The zero-order chi connectivity index (χ0) is 22.6. The Labute approximate surface area is 173 Å². The molecule has 0 unspecified atom stereocenters. The van der Waals surface area contributed by atoms with Gasteiger partial charge in [0.25, 0.3) is 0 Å². The third kappa shape index (κ3) is 8.13. The Hall–Kier alpha value is -2.57. The molecule has 0 aliphatic rings. The van der Waals surface area contributed by atoms with Gasteiger partial charge in [-0.05, 0) is 78.7 Å². The Bertz CT molecular complexity index is 731. The lowest BCUT2D eigenvalue weighted by Crippen LogP contribution is -2.55. The van der Waals surface area contributed by atoms with Crippen molar-refractivity contribution in [1.29, 1.82) is 0 Å². The van der Waals surface area contributed by atoms with Crippen LogP contribution in [-0.2, 0) is 9.47 Å². The highest BCUT2D eigenvalue weighted by Gasteiger charge is 2.35. The average Bonchev–Trinajstić information content (AvgIpc) is 2.50. The number of rotatable bonds is 4. The van der Waals surface area contributed by atoms with Crippen molar-refractivity contribution in [1.82, 2.24) is 10.0 Å². The van der Waals surface area contributed by atoms with Gasteiger partial charge in [-0.2, -0.15) is 0 Å². The molecular formula is C22H33FN2O4. The van der Waals surface area contributed by atoms with Gasteiger partial charge in [-0.1, -0.05) is 18.7 Å². The Morgan fingerprint density at radius 1 is 0.966 bits per heavy atom. The highest BCUT2D eigenvalue weighted by atomic mass is 19.1. The molecule has 0 aromatic heterocycles. The van der Waals surface area contributed by atoms with Crippen molar-refractivity contribution in [3.05, 3.63) is 42.2 Å².